The van der Waals surface area contributed by atoms with E-state index in [4.69, 9.17) is 4.74 Å². The molecule has 0 saturated carbocycles. The minimum atomic E-state index is -0.687. The first kappa shape index (κ1) is 24.2. The highest BCUT2D eigenvalue weighted by atomic mass is 32.1. The van der Waals surface area contributed by atoms with E-state index >= 15 is 0 Å². The summed E-state index contributed by atoms with van der Waals surface area (Å²) in [6.45, 7) is 11.5. The molecule has 2 amide bonds. The van der Waals surface area contributed by atoms with E-state index in [1.54, 1.807) is 12.1 Å². The Morgan fingerprint density at radius 3 is 2.39 bits per heavy atom. The number of amides is 2. The number of hydrogen-bond donors (Lipinski definition) is 2. The smallest absolute Gasteiger partial charge is 0.341 e. The summed E-state index contributed by atoms with van der Waals surface area (Å²) in [4.78, 5) is 26.4. The van der Waals surface area contributed by atoms with E-state index in [1.165, 1.54) is 30.6 Å². The van der Waals surface area contributed by atoms with Crippen LogP contribution in [0.15, 0.2) is 55.1 Å². The third-order valence-electron chi connectivity index (χ3n) is 5.34. The number of hydrogen-bond acceptors (Lipinski definition) is 4. The largest absolute Gasteiger partial charge is 0.465 e. The summed E-state index contributed by atoms with van der Waals surface area (Å²) in [6.07, 6.45) is 0. The van der Waals surface area contributed by atoms with Crippen LogP contribution in [0.5, 0.6) is 0 Å². The molecular weight excluding hydrogens is 439 g/mol. The van der Waals surface area contributed by atoms with Crippen molar-refractivity contribution in [2.45, 2.75) is 33.2 Å². The molecular formula is C26H27FN2O3S. The van der Waals surface area contributed by atoms with Crippen LogP contribution in [0.2, 0.25) is 0 Å². The quantitative estimate of drug-likeness (QED) is 0.395. The number of anilines is 1. The Morgan fingerprint density at radius 1 is 1.12 bits per heavy atom. The molecule has 0 spiro atoms. The van der Waals surface area contributed by atoms with Crippen molar-refractivity contribution in [3.63, 3.8) is 0 Å². The number of nitrogens with one attached hydrogen (secondary N) is 2. The van der Waals surface area contributed by atoms with Gasteiger partial charge in [-0.3, -0.25) is 5.32 Å². The number of halogens is 1. The predicted molar refractivity (Wildman–Crippen MR) is 132 cm³/mol. The molecule has 2 aromatic carbocycles. The van der Waals surface area contributed by atoms with Crippen molar-refractivity contribution in [2.24, 2.45) is 0 Å². The van der Waals surface area contributed by atoms with Gasteiger partial charge in [-0.2, -0.15) is 0 Å². The maximum Gasteiger partial charge on any atom is 0.341 e. The summed E-state index contributed by atoms with van der Waals surface area (Å²) in [5, 5.41) is 6.14. The second-order valence-corrected chi connectivity index (χ2v) is 9.53. The van der Waals surface area contributed by atoms with Crippen LogP contribution >= 0.6 is 11.3 Å². The molecule has 7 heteroatoms. The molecule has 0 saturated heterocycles. The zero-order valence-corrected chi connectivity index (χ0v) is 20.2. The van der Waals surface area contributed by atoms with Crippen LogP contribution in [-0.2, 0) is 10.3 Å². The topological polar surface area (TPSA) is 67.4 Å². The van der Waals surface area contributed by atoms with Gasteiger partial charge >= 0.3 is 12.0 Å². The van der Waals surface area contributed by atoms with Gasteiger partial charge in [0.05, 0.1) is 12.6 Å². The molecule has 5 nitrogen and oxygen atoms in total. The van der Waals surface area contributed by atoms with Gasteiger partial charge in [0.25, 0.3) is 0 Å². The van der Waals surface area contributed by atoms with Gasteiger partial charge in [-0.05, 0) is 62.6 Å². The van der Waals surface area contributed by atoms with Gasteiger partial charge in [0.2, 0.25) is 0 Å². The number of aryl methyl sites for hydroxylation is 1. The second kappa shape index (κ2) is 9.58. The molecule has 0 radical (unpaired) electrons. The summed E-state index contributed by atoms with van der Waals surface area (Å²) in [5.74, 6) is -0.954. The fourth-order valence-electron chi connectivity index (χ4n) is 3.56. The monoisotopic (exact) mass is 466 g/mol. The van der Waals surface area contributed by atoms with Crippen LogP contribution in [0, 0.1) is 12.7 Å². The summed E-state index contributed by atoms with van der Waals surface area (Å²) in [5.41, 5.74) is 3.67. The molecule has 0 bridgehead atoms. The Kier molecular flexibility index (Phi) is 7.03. The number of carbonyl (C=O) groups is 2. The Bertz CT molecular complexity index is 1210. The Balaban J connectivity index is 1.91. The third-order valence-corrected chi connectivity index (χ3v) is 6.36. The molecule has 33 heavy (non-hydrogen) atoms. The zero-order valence-electron chi connectivity index (χ0n) is 19.3. The minimum absolute atomic E-state index is 0.240. The van der Waals surface area contributed by atoms with E-state index in [1.807, 2.05) is 52.0 Å². The summed E-state index contributed by atoms with van der Waals surface area (Å²) < 4.78 is 18.4. The zero-order chi connectivity index (χ0) is 24.3. The molecule has 3 aromatic rings. The molecule has 0 aliphatic carbocycles. The maximum atomic E-state index is 13.4. The van der Waals surface area contributed by atoms with Gasteiger partial charge < -0.3 is 10.1 Å². The van der Waals surface area contributed by atoms with Crippen molar-refractivity contribution >= 4 is 33.9 Å². The number of rotatable bonds is 6. The predicted octanol–water partition coefficient (Wildman–Crippen LogP) is 6.74. The lowest BCUT2D eigenvalue weighted by Gasteiger charge is -2.27. The lowest BCUT2D eigenvalue weighted by molar-refractivity contribution is 0.0603. The van der Waals surface area contributed by atoms with Crippen LogP contribution in [0.25, 0.3) is 16.7 Å². The molecule has 0 aliphatic rings. The van der Waals surface area contributed by atoms with Crippen LogP contribution in [-0.4, -0.2) is 19.1 Å². The van der Waals surface area contributed by atoms with Gasteiger partial charge in [0.15, 0.2) is 0 Å². The first-order valence-electron chi connectivity index (χ1n) is 10.4. The average Bonchev–Trinajstić information content (AvgIpc) is 3.08. The fourth-order valence-corrected chi connectivity index (χ4v) is 4.62. The molecule has 2 N–H and O–H groups in total. The van der Waals surface area contributed by atoms with E-state index in [9.17, 15) is 14.0 Å². The Hall–Kier alpha value is -3.45. The number of urea groups is 1. The van der Waals surface area contributed by atoms with Crippen LogP contribution in [0.4, 0.5) is 14.2 Å². The van der Waals surface area contributed by atoms with Gasteiger partial charge in [-0.25, -0.2) is 14.0 Å². The number of ether oxygens (including phenoxy) is 1. The standard InChI is InChI=1S/C26H27FN2O3S/c1-15(2)18-8-7-9-19(14-18)26(4,5)29-25(31)28-23-22(24(30)32-6)21(16(3)33-23)17-10-12-20(27)13-11-17/h7-14H,1H2,2-6H3,(H2,28,29,31). The molecule has 0 atom stereocenters. The van der Waals surface area contributed by atoms with Crippen molar-refractivity contribution < 1.29 is 18.7 Å². The Labute approximate surface area is 197 Å². The molecule has 0 unspecified atom stereocenters. The van der Waals surface area contributed by atoms with Gasteiger partial charge in [-0.15, -0.1) is 11.3 Å². The number of methoxy groups -OCH3 is 1. The first-order chi connectivity index (χ1) is 15.5. The third kappa shape index (κ3) is 5.31. The number of benzene rings is 2. The normalized spacial score (nSPS) is 11.1. The van der Waals surface area contributed by atoms with E-state index in [0.717, 1.165) is 21.6 Å². The van der Waals surface area contributed by atoms with E-state index in [-0.39, 0.29) is 11.4 Å². The van der Waals surface area contributed by atoms with Crippen molar-refractivity contribution in [3.8, 4) is 11.1 Å². The molecule has 1 aromatic heterocycles. The van der Waals surface area contributed by atoms with Crippen molar-refractivity contribution in [1.29, 1.82) is 0 Å². The van der Waals surface area contributed by atoms with Gasteiger partial charge in [0.1, 0.15) is 16.4 Å². The number of allylic oxidation sites excluding steroid dienone is 1. The summed E-state index contributed by atoms with van der Waals surface area (Å²) in [6, 6.07) is 13.2. The van der Waals surface area contributed by atoms with Crippen molar-refractivity contribution in [1.82, 2.24) is 5.32 Å². The van der Waals surface area contributed by atoms with Crippen molar-refractivity contribution in [3.05, 3.63) is 82.5 Å². The highest BCUT2D eigenvalue weighted by Gasteiger charge is 2.28. The van der Waals surface area contributed by atoms with Crippen LogP contribution < -0.4 is 10.6 Å². The number of thiophene rings is 1. The number of carbonyl (C=O) groups excluding carboxylic acids is 2. The number of esters is 1. The van der Waals surface area contributed by atoms with Gasteiger partial charge in [0, 0.05) is 10.4 Å². The maximum absolute atomic E-state index is 13.4. The van der Waals surface area contributed by atoms with E-state index < -0.39 is 17.5 Å². The average molecular weight is 467 g/mol. The van der Waals surface area contributed by atoms with Gasteiger partial charge in [-0.1, -0.05) is 42.5 Å². The van der Waals surface area contributed by atoms with E-state index in [0.29, 0.717) is 16.1 Å². The van der Waals surface area contributed by atoms with E-state index in [2.05, 4.69) is 17.2 Å². The fraction of sp³-hybridized carbons (Fsp3) is 0.231. The highest BCUT2D eigenvalue weighted by Crippen LogP contribution is 2.40. The molecule has 172 valence electrons. The van der Waals surface area contributed by atoms with Crippen LogP contribution in [0.3, 0.4) is 0 Å². The molecule has 3 rings (SSSR count). The molecule has 0 fully saturated rings. The minimum Gasteiger partial charge on any atom is -0.465 e. The van der Waals surface area contributed by atoms with Crippen molar-refractivity contribution in [2.75, 3.05) is 12.4 Å². The summed E-state index contributed by atoms with van der Waals surface area (Å²) in [7, 11) is 1.28. The highest BCUT2D eigenvalue weighted by molar-refractivity contribution is 7.17. The molecule has 0 aliphatic heterocycles. The summed E-state index contributed by atoms with van der Waals surface area (Å²) >= 11 is 1.26. The van der Waals surface area contributed by atoms with Crippen LogP contribution in [0.1, 0.15) is 47.1 Å². The SMILES string of the molecule is C=C(C)c1cccc(C(C)(C)NC(=O)Nc2sc(C)c(-c3ccc(F)cc3)c2C(=O)OC)c1. The molecule has 1 heterocycles. The lowest BCUT2D eigenvalue weighted by atomic mass is 9.92. The second-order valence-electron chi connectivity index (χ2n) is 8.30. The Morgan fingerprint density at radius 2 is 1.79 bits per heavy atom. The first-order valence-corrected chi connectivity index (χ1v) is 11.2. The lowest BCUT2D eigenvalue weighted by Crippen LogP contribution is -2.43.